The molecule has 3 rings (SSSR count). The number of hydrogen-bond acceptors (Lipinski definition) is 3. The van der Waals surface area contributed by atoms with Crippen molar-refractivity contribution in [2.45, 2.75) is 44.9 Å². The molecule has 1 heterocycles. The summed E-state index contributed by atoms with van der Waals surface area (Å²) in [4.78, 5) is 12.2. The lowest BCUT2D eigenvalue weighted by Gasteiger charge is -2.34. The average Bonchev–Trinajstić information content (AvgIpc) is 2.67. The molecule has 0 aromatic heterocycles. The predicted molar refractivity (Wildman–Crippen MR) is 117 cm³/mol. The van der Waals surface area contributed by atoms with Gasteiger partial charge in [0.2, 0.25) is 10.0 Å². The van der Waals surface area contributed by atoms with Crippen molar-refractivity contribution in [1.82, 2.24) is 4.31 Å². The Morgan fingerprint density at radius 2 is 1.67 bits per heavy atom. The van der Waals surface area contributed by atoms with Crippen molar-refractivity contribution >= 4 is 21.6 Å². The van der Waals surface area contributed by atoms with Crippen LogP contribution in [0.4, 0.5) is 10.1 Å². The molecule has 5 nitrogen and oxygen atoms in total. The SMILES string of the molecule is CC1CC(C)CN(S(=O)(=O)c2cc(C(=O)Nc3ccc(C(C)C)cc3)ccc2F)C1. The highest BCUT2D eigenvalue weighted by Gasteiger charge is 2.33. The van der Waals surface area contributed by atoms with Gasteiger partial charge in [0.1, 0.15) is 10.7 Å². The molecule has 162 valence electrons. The number of rotatable bonds is 5. The van der Waals surface area contributed by atoms with E-state index in [1.807, 2.05) is 26.0 Å². The van der Waals surface area contributed by atoms with E-state index in [1.54, 1.807) is 12.1 Å². The van der Waals surface area contributed by atoms with Crippen molar-refractivity contribution < 1.29 is 17.6 Å². The van der Waals surface area contributed by atoms with Gasteiger partial charge in [-0.05, 0) is 60.1 Å². The van der Waals surface area contributed by atoms with E-state index in [1.165, 1.54) is 10.4 Å². The second-order valence-electron chi connectivity index (χ2n) is 8.64. The summed E-state index contributed by atoms with van der Waals surface area (Å²) in [5.74, 6) is -0.554. The van der Waals surface area contributed by atoms with Gasteiger partial charge in [0.25, 0.3) is 5.91 Å². The number of nitrogens with one attached hydrogen (secondary N) is 1. The van der Waals surface area contributed by atoms with Gasteiger partial charge < -0.3 is 5.32 Å². The minimum atomic E-state index is -4.02. The summed E-state index contributed by atoms with van der Waals surface area (Å²) in [6.45, 7) is 8.84. The first-order valence-corrected chi connectivity index (χ1v) is 11.7. The largest absolute Gasteiger partial charge is 0.322 e. The number of carbonyl (C=O) groups excluding carboxylic acids is 1. The van der Waals surface area contributed by atoms with Gasteiger partial charge >= 0.3 is 0 Å². The molecule has 0 radical (unpaired) electrons. The van der Waals surface area contributed by atoms with Crippen LogP contribution in [0.2, 0.25) is 0 Å². The van der Waals surface area contributed by atoms with Gasteiger partial charge in [-0.2, -0.15) is 4.31 Å². The zero-order chi connectivity index (χ0) is 22.1. The molecule has 0 aliphatic carbocycles. The van der Waals surface area contributed by atoms with Crippen molar-refractivity contribution in [3.05, 3.63) is 59.4 Å². The number of halogens is 1. The summed E-state index contributed by atoms with van der Waals surface area (Å²) in [7, 11) is -4.02. The van der Waals surface area contributed by atoms with E-state index >= 15 is 0 Å². The van der Waals surface area contributed by atoms with Crippen LogP contribution in [-0.4, -0.2) is 31.7 Å². The molecule has 1 aliphatic heterocycles. The van der Waals surface area contributed by atoms with Gasteiger partial charge in [-0.3, -0.25) is 4.79 Å². The van der Waals surface area contributed by atoms with Gasteiger partial charge in [0.05, 0.1) is 0 Å². The van der Waals surface area contributed by atoms with Crippen LogP contribution >= 0.6 is 0 Å². The summed E-state index contributed by atoms with van der Waals surface area (Å²) in [6.07, 6.45) is 0.937. The number of hydrogen-bond donors (Lipinski definition) is 1. The van der Waals surface area contributed by atoms with Gasteiger partial charge in [-0.1, -0.05) is 39.8 Å². The maximum atomic E-state index is 14.5. The molecular weight excluding hydrogens is 403 g/mol. The molecule has 0 saturated carbocycles. The van der Waals surface area contributed by atoms with Crippen LogP contribution in [0, 0.1) is 17.7 Å². The number of carbonyl (C=O) groups is 1. The first kappa shape index (κ1) is 22.4. The number of amides is 1. The quantitative estimate of drug-likeness (QED) is 0.733. The maximum Gasteiger partial charge on any atom is 0.255 e. The van der Waals surface area contributed by atoms with Crippen LogP contribution < -0.4 is 5.32 Å². The summed E-state index contributed by atoms with van der Waals surface area (Å²) in [6, 6.07) is 10.9. The zero-order valence-electron chi connectivity index (χ0n) is 17.9. The van der Waals surface area contributed by atoms with E-state index in [0.29, 0.717) is 24.7 Å². The molecular formula is C23H29FN2O3S. The lowest BCUT2D eigenvalue weighted by Crippen LogP contribution is -2.42. The number of benzene rings is 2. The molecule has 2 aromatic rings. The summed E-state index contributed by atoms with van der Waals surface area (Å²) >= 11 is 0. The van der Waals surface area contributed by atoms with Gasteiger partial charge in [0, 0.05) is 24.3 Å². The zero-order valence-corrected chi connectivity index (χ0v) is 18.7. The van der Waals surface area contributed by atoms with Crippen LogP contribution in [0.15, 0.2) is 47.4 Å². The molecule has 2 atom stereocenters. The maximum absolute atomic E-state index is 14.5. The minimum Gasteiger partial charge on any atom is -0.322 e. The van der Waals surface area contributed by atoms with E-state index in [9.17, 15) is 17.6 Å². The Balaban J connectivity index is 1.84. The number of anilines is 1. The van der Waals surface area contributed by atoms with Crippen LogP contribution in [0.25, 0.3) is 0 Å². The normalized spacial score (nSPS) is 20.3. The smallest absolute Gasteiger partial charge is 0.255 e. The summed E-state index contributed by atoms with van der Waals surface area (Å²) < 4.78 is 42.0. The van der Waals surface area contributed by atoms with Crippen LogP contribution in [0.5, 0.6) is 0 Å². The highest BCUT2D eigenvalue weighted by molar-refractivity contribution is 7.89. The van der Waals surface area contributed by atoms with E-state index in [4.69, 9.17) is 0 Å². The lowest BCUT2D eigenvalue weighted by molar-refractivity contribution is 0.102. The fourth-order valence-electron chi connectivity index (χ4n) is 3.94. The highest BCUT2D eigenvalue weighted by atomic mass is 32.2. The second-order valence-corrected chi connectivity index (χ2v) is 10.6. The molecule has 1 aliphatic rings. The molecule has 0 spiro atoms. The molecule has 1 saturated heterocycles. The van der Waals surface area contributed by atoms with E-state index in [-0.39, 0.29) is 17.4 Å². The van der Waals surface area contributed by atoms with Crippen molar-refractivity contribution in [3.8, 4) is 0 Å². The highest BCUT2D eigenvalue weighted by Crippen LogP contribution is 2.28. The van der Waals surface area contributed by atoms with Gasteiger partial charge in [-0.25, -0.2) is 12.8 Å². The molecule has 0 bridgehead atoms. The predicted octanol–water partition coefficient (Wildman–Crippen LogP) is 4.87. The third-order valence-electron chi connectivity index (χ3n) is 5.48. The fourth-order valence-corrected chi connectivity index (χ4v) is 5.71. The number of sulfonamides is 1. The monoisotopic (exact) mass is 432 g/mol. The summed E-state index contributed by atoms with van der Waals surface area (Å²) in [5, 5.41) is 2.75. The Morgan fingerprint density at radius 1 is 1.07 bits per heavy atom. The fraction of sp³-hybridized carbons (Fsp3) is 0.435. The van der Waals surface area contributed by atoms with Crippen molar-refractivity contribution in [1.29, 1.82) is 0 Å². The Labute approximate surface area is 178 Å². The molecule has 30 heavy (non-hydrogen) atoms. The molecule has 7 heteroatoms. The van der Waals surface area contributed by atoms with Crippen molar-refractivity contribution in [2.24, 2.45) is 11.8 Å². The average molecular weight is 433 g/mol. The second kappa shape index (κ2) is 8.86. The number of piperidine rings is 1. The third-order valence-corrected chi connectivity index (χ3v) is 7.33. The first-order chi connectivity index (χ1) is 14.1. The van der Waals surface area contributed by atoms with Crippen molar-refractivity contribution in [2.75, 3.05) is 18.4 Å². The first-order valence-electron chi connectivity index (χ1n) is 10.3. The Kier molecular flexibility index (Phi) is 6.62. The summed E-state index contributed by atoms with van der Waals surface area (Å²) in [5.41, 5.74) is 1.84. The van der Waals surface area contributed by atoms with E-state index in [0.717, 1.165) is 24.1 Å². The lowest BCUT2D eigenvalue weighted by atomic mass is 9.94. The van der Waals surface area contributed by atoms with Crippen LogP contribution in [0.1, 0.15) is 56.0 Å². The topological polar surface area (TPSA) is 66.5 Å². The third kappa shape index (κ3) is 4.90. The molecule has 1 amide bonds. The van der Waals surface area contributed by atoms with E-state index < -0.39 is 26.6 Å². The molecule has 1 fully saturated rings. The van der Waals surface area contributed by atoms with Gasteiger partial charge in [0.15, 0.2) is 0 Å². The van der Waals surface area contributed by atoms with Gasteiger partial charge in [-0.15, -0.1) is 0 Å². The number of nitrogens with zero attached hydrogens (tertiary/aromatic N) is 1. The Bertz CT molecular complexity index is 1010. The molecule has 2 unspecified atom stereocenters. The minimum absolute atomic E-state index is 0.0982. The molecule has 2 aromatic carbocycles. The van der Waals surface area contributed by atoms with Crippen LogP contribution in [-0.2, 0) is 10.0 Å². The van der Waals surface area contributed by atoms with Crippen LogP contribution in [0.3, 0.4) is 0 Å². The Hall–Kier alpha value is -2.25. The standard InChI is InChI=1S/C23H29FN2O3S/c1-15(2)18-5-8-20(9-6-18)25-23(27)19-7-10-21(24)22(12-19)30(28,29)26-13-16(3)11-17(4)14-26/h5-10,12,15-17H,11,13-14H2,1-4H3,(H,25,27). The van der Waals surface area contributed by atoms with E-state index in [2.05, 4.69) is 19.2 Å². The molecule has 1 N–H and O–H groups in total. The van der Waals surface area contributed by atoms with Crippen molar-refractivity contribution in [3.63, 3.8) is 0 Å². The Morgan fingerprint density at radius 3 is 2.23 bits per heavy atom.